The van der Waals surface area contributed by atoms with Gasteiger partial charge in [0.2, 0.25) is 5.91 Å². The minimum absolute atomic E-state index is 0.00844. The van der Waals surface area contributed by atoms with Gasteiger partial charge in [-0.3, -0.25) is 14.2 Å². The minimum atomic E-state index is -0.0294. The number of benzene rings is 2. The summed E-state index contributed by atoms with van der Waals surface area (Å²) in [5, 5.41) is 3.56. The van der Waals surface area contributed by atoms with Crippen molar-refractivity contribution in [2.45, 2.75) is 32.2 Å². The Morgan fingerprint density at radius 1 is 1.09 bits per heavy atom. The van der Waals surface area contributed by atoms with E-state index >= 15 is 0 Å². The van der Waals surface area contributed by atoms with Crippen LogP contribution < -0.4 is 15.8 Å². The molecule has 3 heterocycles. The second kappa shape index (κ2) is 9.43. The smallest absolute Gasteiger partial charge is 0.261 e. The van der Waals surface area contributed by atoms with Crippen molar-refractivity contribution in [2.75, 3.05) is 43.9 Å². The number of aromatic nitrogens is 2. The summed E-state index contributed by atoms with van der Waals surface area (Å²) in [6.45, 7) is 3.58. The number of fused-ring (bicyclic) bond motifs is 2. The average molecular weight is 458 g/mol. The van der Waals surface area contributed by atoms with E-state index in [1.54, 1.807) is 16.7 Å². The zero-order chi connectivity index (χ0) is 23.7. The first-order valence-electron chi connectivity index (χ1n) is 12.0. The Hall–Kier alpha value is -3.45. The molecular formula is C27H31N5O2. The van der Waals surface area contributed by atoms with E-state index in [2.05, 4.69) is 45.5 Å². The predicted molar refractivity (Wildman–Crippen MR) is 138 cm³/mol. The van der Waals surface area contributed by atoms with Crippen LogP contribution in [0.15, 0.2) is 47.3 Å². The van der Waals surface area contributed by atoms with E-state index in [1.807, 2.05) is 20.2 Å². The van der Waals surface area contributed by atoms with Crippen LogP contribution in [0.5, 0.6) is 0 Å². The molecule has 176 valence electrons. The molecule has 1 N–H and O–H groups in total. The first-order valence-corrected chi connectivity index (χ1v) is 12.0. The zero-order valence-corrected chi connectivity index (χ0v) is 19.9. The van der Waals surface area contributed by atoms with Crippen molar-refractivity contribution in [1.29, 1.82) is 0 Å². The number of allylic oxidation sites excluding steroid dienone is 1. The number of anilines is 2. The van der Waals surface area contributed by atoms with E-state index < -0.39 is 0 Å². The Balaban J connectivity index is 1.38. The molecule has 0 aliphatic carbocycles. The van der Waals surface area contributed by atoms with Gasteiger partial charge < -0.3 is 15.1 Å². The predicted octanol–water partition coefficient (Wildman–Crippen LogP) is 3.83. The third-order valence-electron chi connectivity index (χ3n) is 6.74. The molecule has 1 saturated heterocycles. The van der Waals surface area contributed by atoms with Crippen LogP contribution in [-0.4, -0.2) is 54.1 Å². The van der Waals surface area contributed by atoms with Crippen LogP contribution >= 0.6 is 0 Å². The largest absolute Gasteiger partial charge is 0.378 e. The maximum Gasteiger partial charge on any atom is 0.261 e. The first kappa shape index (κ1) is 22.3. The standard InChI is InChI=1S/C27H31N5O2/c1-30(2)22-8-5-19(6-9-22)17-20-11-16-32-26(20)29-24-18-21(7-10-23(24)27(32)34)28-25(33)12-15-31-13-3-4-14-31/h5-10,17-18H,3-4,11-16H2,1-2H3,(H,28,33)/b20-17+. The van der Waals surface area contributed by atoms with Gasteiger partial charge >= 0.3 is 0 Å². The third-order valence-corrected chi connectivity index (χ3v) is 6.74. The van der Waals surface area contributed by atoms with Gasteiger partial charge in [0.1, 0.15) is 5.82 Å². The number of carbonyl (C=O) groups is 1. The van der Waals surface area contributed by atoms with Gasteiger partial charge in [-0.2, -0.15) is 0 Å². The maximum atomic E-state index is 13.1. The lowest BCUT2D eigenvalue weighted by Gasteiger charge is -2.14. The van der Waals surface area contributed by atoms with Crippen LogP contribution in [0.25, 0.3) is 22.6 Å². The summed E-state index contributed by atoms with van der Waals surface area (Å²) in [5.74, 6) is 0.706. The fourth-order valence-electron chi connectivity index (χ4n) is 4.79. The summed E-state index contributed by atoms with van der Waals surface area (Å²) in [7, 11) is 4.04. The van der Waals surface area contributed by atoms with Gasteiger partial charge in [-0.15, -0.1) is 0 Å². The van der Waals surface area contributed by atoms with E-state index in [-0.39, 0.29) is 11.5 Å². The number of hydrogen-bond acceptors (Lipinski definition) is 5. The van der Waals surface area contributed by atoms with E-state index in [0.29, 0.717) is 35.4 Å². The Morgan fingerprint density at radius 3 is 2.59 bits per heavy atom. The maximum absolute atomic E-state index is 13.1. The summed E-state index contributed by atoms with van der Waals surface area (Å²) >= 11 is 0. The normalized spacial score (nSPS) is 16.8. The highest BCUT2D eigenvalue weighted by Gasteiger charge is 2.21. The molecule has 0 saturated carbocycles. The number of rotatable bonds is 6. The van der Waals surface area contributed by atoms with E-state index in [9.17, 15) is 9.59 Å². The highest BCUT2D eigenvalue weighted by molar-refractivity contribution is 5.94. The number of hydrogen-bond donors (Lipinski definition) is 1. The average Bonchev–Trinajstić information content (AvgIpc) is 3.49. The molecule has 2 aliphatic heterocycles. The third kappa shape index (κ3) is 4.61. The van der Waals surface area contributed by atoms with Crippen LogP contribution in [0.2, 0.25) is 0 Å². The topological polar surface area (TPSA) is 70.5 Å². The molecule has 1 fully saturated rings. The van der Waals surface area contributed by atoms with E-state index in [4.69, 9.17) is 4.98 Å². The fraction of sp³-hybridized carbons (Fsp3) is 0.370. The van der Waals surface area contributed by atoms with Crippen LogP contribution in [0, 0.1) is 0 Å². The molecule has 3 aromatic rings. The second-order valence-corrected chi connectivity index (χ2v) is 9.38. The molecule has 34 heavy (non-hydrogen) atoms. The first-order chi connectivity index (χ1) is 16.5. The van der Waals surface area contributed by atoms with Gasteiger partial charge in [0.15, 0.2) is 0 Å². The summed E-state index contributed by atoms with van der Waals surface area (Å²) < 4.78 is 1.76. The Labute approximate surface area is 199 Å². The highest BCUT2D eigenvalue weighted by atomic mass is 16.1. The van der Waals surface area contributed by atoms with Crippen molar-refractivity contribution in [3.63, 3.8) is 0 Å². The van der Waals surface area contributed by atoms with Gasteiger partial charge in [-0.25, -0.2) is 4.98 Å². The van der Waals surface area contributed by atoms with Crippen LogP contribution in [0.3, 0.4) is 0 Å². The van der Waals surface area contributed by atoms with Gasteiger partial charge in [0.05, 0.1) is 10.9 Å². The van der Waals surface area contributed by atoms with Gasteiger partial charge in [-0.1, -0.05) is 12.1 Å². The van der Waals surface area contributed by atoms with Gasteiger partial charge in [0, 0.05) is 45.0 Å². The molecule has 0 spiro atoms. The summed E-state index contributed by atoms with van der Waals surface area (Å²) in [6, 6.07) is 13.7. The molecule has 1 amide bonds. The quantitative estimate of drug-likeness (QED) is 0.609. The van der Waals surface area contributed by atoms with Crippen molar-refractivity contribution in [3.8, 4) is 0 Å². The minimum Gasteiger partial charge on any atom is -0.378 e. The SMILES string of the molecule is CN(C)c1ccc(/C=C2\CCn3c2nc2cc(NC(=O)CCN4CCCC4)ccc2c3=O)cc1. The number of nitrogens with one attached hydrogen (secondary N) is 1. The van der Waals surface area contributed by atoms with Gasteiger partial charge in [-0.05, 0) is 79.9 Å². The molecule has 2 aromatic carbocycles. The molecule has 7 nitrogen and oxygen atoms in total. The summed E-state index contributed by atoms with van der Waals surface area (Å²) in [6.07, 6.45) is 5.79. The number of nitrogens with zero attached hydrogens (tertiary/aromatic N) is 4. The summed E-state index contributed by atoms with van der Waals surface area (Å²) in [5.41, 5.74) is 4.55. The van der Waals surface area contributed by atoms with Crippen LogP contribution in [-0.2, 0) is 11.3 Å². The monoisotopic (exact) mass is 457 g/mol. The molecular weight excluding hydrogens is 426 g/mol. The van der Waals surface area contributed by atoms with Crippen molar-refractivity contribution in [1.82, 2.24) is 14.5 Å². The van der Waals surface area contributed by atoms with Crippen molar-refractivity contribution < 1.29 is 4.79 Å². The molecule has 0 atom stereocenters. The lowest BCUT2D eigenvalue weighted by molar-refractivity contribution is -0.116. The lowest BCUT2D eigenvalue weighted by Crippen LogP contribution is -2.25. The molecule has 5 rings (SSSR count). The Bertz CT molecular complexity index is 1300. The molecule has 2 aliphatic rings. The second-order valence-electron chi connectivity index (χ2n) is 9.38. The lowest BCUT2D eigenvalue weighted by atomic mass is 10.1. The van der Waals surface area contributed by atoms with Crippen molar-refractivity contribution >= 4 is 39.8 Å². The fourth-order valence-corrected chi connectivity index (χ4v) is 4.79. The molecule has 1 aromatic heterocycles. The molecule has 0 bridgehead atoms. The van der Waals surface area contributed by atoms with E-state index in [1.165, 1.54) is 12.8 Å². The van der Waals surface area contributed by atoms with Crippen molar-refractivity contribution in [3.05, 3.63) is 64.2 Å². The van der Waals surface area contributed by atoms with Crippen LogP contribution in [0.1, 0.15) is 37.1 Å². The Morgan fingerprint density at radius 2 is 1.85 bits per heavy atom. The summed E-state index contributed by atoms with van der Waals surface area (Å²) in [4.78, 5) is 34.8. The highest BCUT2D eigenvalue weighted by Crippen LogP contribution is 2.28. The number of likely N-dealkylation sites (tertiary alicyclic amines) is 1. The number of carbonyl (C=O) groups excluding carboxylic acids is 1. The van der Waals surface area contributed by atoms with E-state index in [0.717, 1.165) is 42.9 Å². The molecule has 7 heteroatoms. The van der Waals surface area contributed by atoms with Crippen molar-refractivity contribution in [2.24, 2.45) is 0 Å². The van der Waals surface area contributed by atoms with Gasteiger partial charge in [0.25, 0.3) is 5.56 Å². The molecule has 0 radical (unpaired) electrons. The van der Waals surface area contributed by atoms with Crippen LogP contribution in [0.4, 0.5) is 11.4 Å². The number of amides is 1. The zero-order valence-electron chi connectivity index (χ0n) is 19.9. The molecule has 0 unspecified atom stereocenters. The Kier molecular flexibility index (Phi) is 6.20.